The summed E-state index contributed by atoms with van der Waals surface area (Å²) in [4.78, 5) is 16.5. The molecule has 2 N–H and O–H groups in total. The zero-order chi connectivity index (χ0) is 18.4. The number of carbonyl (C=O) groups is 1. The molecule has 3 aromatic rings. The summed E-state index contributed by atoms with van der Waals surface area (Å²) in [5.41, 5.74) is 3.06. The van der Waals surface area contributed by atoms with E-state index in [-0.39, 0.29) is 5.91 Å². The molecule has 132 valence electrons. The Hall–Kier alpha value is -2.56. The van der Waals surface area contributed by atoms with Crippen LogP contribution in [0.3, 0.4) is 0 Å². The highest BCUT2D eigenvalue weighted by atomic mass is 35.5. The van der Waals surface area contributed by atoms with Crippen molar-refractivity contribution in [1.82, 2.24) is 10.3 Å². The van der Waals surface area contributed by atoms with Gasteiger partial charge in [-0.15, -0.1) is 0 Å². The summed E-state index contributed by atoms with van der Waals surface area (Å²) in [5, 5.41) is 7.37. The molecule has 1 amide bonds. The largest absolute Gasteiger partial charge is 0.353 e. The molecule has 1 heterocycles. The van der Waals surface area contributed by atoms with Crippen molar-refractivity contribution in [3.05, 3.63) is 88.2 Å². The van der Waals surface area contributed by atoms with Gasteiger partial charge < -0.3 is 10.6 Å². The van der Waals surface area contributed by atoms with Gasteiger partial charge >= 0.3 is 0 Å². The topological polar surface area (TPSA) is 54.0 Å². The molecule has 0 aliphatic rings. The molecular weight excluding hydrogens is 369 g/mol. The van der Waals surface area contributed by atoms with Crippen LogP contribution in [0.25, 0.3) is 0 Å². The molecule has 1 aromatic heterocycles. The second-order valence-corrected chi connectivity index (χ2v) is 6.54. The SMILES string of the molecule is O=C(NCCc1ccc(Cl)cc1)c1cncc(Nc2ccccc2Cl)c1. The van der Waals surface area contributed by atoms with Crippen LogP contribution in [0.5, 0.6) is 0 Å². The predicted molar refractivity (Wildman–Crippen MR) is 106 cm³/mol. The number of aromatic nitrogens is 1. The average molecular weight is 386 g/mol. The van der Waals surface area contributed by atoms with E-state index < -0.39 is 0 Å². The highest BCUT2D eigenvalue weighted by Gasteiger charge is 2.08. The van der Waals surface area contributed by atoms with Gasteiger partial charge in [0.1, 0.15) is 0 Å². The summed E-state index contributed by atoms with van der Waals surface area (Å²) in [6, 6.07) is 16.7. The molecular formula is C20H17Cl2N3O. The summed E-state index contributed by atoms with van der Waals surface area (Å²) < 4.78 is 0. The van der Waals surface area contributed by atoms with E-state index in [0.29, 0.717) is 27.8 Å². The Labute approximate surface area is 162 Å². The van der Waals surface area contributed by atoms with Gasteiger partial charge in [-0.05, 0) is 42.3 Å². The van der Waals surface area contributed by atoms with E-state index in [4.69, 9.17) is 23.2 Å². The highest BCUT2D eigenvalue weighted by Crippen LogP contribution is 2.24. The smallest absolute Gasteiger partial charge is 0.252 e. The van der Waals surface area contributed by atoms with Crippen LogP contribution in [0.1, 0.15) is 15.9 Å². The standard InChI is InChI=1S/C20H17Cl2N3O/c21-16-7-5-14(6-8-16)9-10-24-20(26)15-11-17(13-23-12-15)25-19-4-2-1-3-18(19)22/h1-8,11-13,25H,9-10H2,(H,24,26). The summed E-state index contributed by atoms with van der Waals surface area (Å²) in [5.74, 6) is -0.172. The van der Waals surface area contributed by atoms with Gasteiger partial charge in [-0.3, -0.25) is 9.78 Å². The number of carbonyl (C=O) groups excluding carboxylic acids is 1. The van der Waals surface area contributed by atoms with Crippen molar-refractivity contribution >= 4 is 40.5 Å². The number of anilines is 2. The summed E-state index contributed by atoms with van der Waals surface area (Å²) in [6.07, 6.45) is 3.91. The van der Waals surface area contributed by atoms with Gasteiger partial charge in [-0.1, -0.05) is 47.5 Å². The lowest BCUT2D eigenvalue weighted by Crippen LogP contribution is -2.25. The fourth-order valence-corrected chi connectivity index (χ4v) is 2.73. The summed E-state index contributed by atoms with van der Waals surface area (Å²) in [6.45, 7) is 0.530. The Morgan fingerprint density at radius 1 is 1.00 bits per heavy atom. The number of hydrogen-bond donors (Lipinski definition) is 2. The number of nitrogens with zero attached hydrogens (tertiary/aromatic N) is 1. The molecule has 3 rings (SSSR count). The lowest BCUT2D eigenvalue weighted by atomic mass is 10.1. The van der Waals surface area contributed by atoms with Crippen molar-refractivity contribution in [3.8, 4) is 0 Å². The molecule has 0 saturated carbocycles. The lowest BCUT2D eigenvalue weighted by molar-refractivity contribution is 0.0954. The fraction of sp³-hybridized carbons (Fsp3) is 0.100. The number of para-hydroxylation sites is 1. The molecule has 0 fully saturated rings. The molecule has 0 atom stereocenters. The second-order valence-electron chi connectivity index (χ2n) is 5.70. The van der Waals surface area contributed by atoms with Gasteiger partial charge in [0.05, 0.1) is 28.2 Å². The lowest BCUT2D eigenvalue weighted by Gasteiger charge is -2.10. The zero-order valence-electron chi connectivity index (χ0n) is 13.9. The van der Waals surface area contributed by atoms with Crippen molar-refractivity contribution in [3.63, 3.8) is 0 Å². The Morgan fingerprint density at radius 3 is 2.54 bits per heavy atom. The third-order valence-electron chi connectivity index (χ3n) is 3.77. The molecule has 0 aliphatic carbocycles. The van der Waals surface area contributed by atoms with E-state index in [0.717, 1.165) is 17.7 Å². The van der Waals surface area contributed by atoms with Crippen molar-refractivity contribution < 1.29 is 4.79 Å². The van der Waals surface area contributed by atoms with E-state index in [1.807, 2.05) is 42.5 Å². The van der Waals surface area contributed by atoms with E-state index in [1.54, 1.807) is 18.3 Å². The highest BCUT2D eigenvalue weighted by molar-refractivity contribution is 6.33. The van der Waals surface area contributed by atoms with Crippen LogP contribution in [0.2, 0.25) is 10.0 Å². The van der Waals surface area contributed by atoms with Gasteiger partial charge in [0.25, 0.3) is 5.91 Å². The number of rotatable bonds is 6. The van der Waals surface area contributed by atoms with Gasteiger partial charge in [0, 0.05) is 17.8 Å². The van der Waals surface area contributed by atoms with E-state index in [1.165, 1.54) is 6.20 Å². The monoisotopic (exact) mass is 385 g/mol. The predicted octanol–water partition coefficient (Wildman–Crippen LogP) is 5.10. The Balaban J connectivity index is 1.59. The first-order valence-corrected chi connectivity index (χ1v) is 8.86. The molecule has 6 heteroatoms. The third-order valence-corrected chi connectivity index (χ3v) is 4.35. The third kappa shape index (κ3) is 4.97. The molecule has 4 nitrogen and oxygen atoms in total. The quantitative estimate of drug-likeness (QED) is 0.620. The Morgan fingerprint density at radius 2 is 1.77 bits per heavy atom. The van der Waals surface area contributed by atoms with Crippen LogP contribution in [0.4, 0.5) is 11.4 Å². The van der Waals surface area contributed by atoms with Crippen molar-refractivity contribution in [2.45, 2.75) is 6.42 Å². The van der Waals surface area contributed by atoms with Crippen molar-refractivity contribution in [2.75, 3.05) is 11.9 Å². The molecule has 0 saturated heterocycles. The molecule has 0 radical (unpaired) electrons. The number of hydrogen-bond acceptors (Lipinski definition) is 3. The Bertz CT molecular complexity index is 898. The van der Waals surface area contributed by atoms with Crippen LogP contribution >= 0.6 is 23.2 Å². The van der Waals surface area contributed by atoms with Gasteiger partial charge in [0.2, 0.25) is 0 Å². The second kappa shape index (κ2) is 8.70. The maximum Gasteiger partial charge on any atom is 0.252 e. The maximum absolute atomic E-state index is 12.3. The number of nitrogens with one attached hydrogen (secondary N) is 2. The van der Waals surface area contributed by atoms with Gasteiger partial charge in [-0.2, -0.15) is 0 Å². The molecule has 0 bridgehead atoms. The zero-order valence-corrected chi connectivity index (χ0v) is 15.4. The number of halogens is 2. The van der Waals surface area contributed by atoms with Crippen LogP contribution in [0.15, 0.2) is 67.0 Å². The minimum Gasteiger partial charge on any atom is -0.353 e. The average Bonchev–Trinajstić information content (AvgIpc) is 2.65. The number of amides is 1. The van der Waals surface area contributed by atoms with Crippen LogP contribution < -0.4 is 10.6 Å². The van der Waals surface area contributed by atoms with Crippen molar-refractivity contribution in [2.24, 2.45) is 0 Å². The first-order chi connectivity index (χ1) is 12.6. The van der Waals surface area contributed by atoms with Gasteiger partial charge in [-0.25, -0.2) is 0 Å². The molecule has 2 aromatic carbocycles. The maximum atomic E-state index is 12.3. The van der Waals surface area contributed by atoms with Crippen LogP contribution in [-0.4, -0.2) is 17.4 Å². The summed E-state index contributed by atoms with van der Waals surface area (Å²) in [7, 11) is 0. The normalized spacial score (nSPS) is 10.4. The molecule has 0 spiro atoms. The minimum atomic E-state index is -0.172. The molecule has 0 aliphatic heterocycles. The summed E-state index contributed by atoms with van der Waals surface area (Å²) >= 11 is 12.0. The van der Waals surface area contributed by atoms with E-state index in [2.05, 4.69) is 15.6 Å². The van der Waals surface area contributed by atoms with E-state index >= 15 is 0 Å². The first-order valence-electron chi connectivity index (χ1n) is 8.11. The van der Waals surface area contributed by atoms with Crippen LogP contribution in [0, 0.1) is 0 Å². The Kier molecular flexibility index (Phi) is 6.10. The first kappa shape index (κ1) is 18.2. The number of benzene rings is 2. The fourth-order valence-electron chi connectivity index (χ4n) is 2.42. The van der Waals surface area contributed by atoms with Crippen molar-refractivity contribution in [1.29, 1.82) is 0 Å². The van der Waals surface area contributed by atoms with E-state index in [9.17, 15) is 4.79 Å². The van der Waals surface area contributed by atoms with Crippen LogP contribution in [-0.2, 0) is 6.42 Å². The molecule has 0 unspecified atom stereocenters. The van der Waals surface area contributed by atoms with Gasteiger partial charge in [0.15, 0.2) is 0 Å². The molecule has 26 heavy (non-hydrogen) atoms. The number of pyridine rings is 1. The minimum absolute atomic E-state index is 0.172.